The van der Waals surface area contributed by atoms with Crippen molar-refractivity contribution in [3.05, 3.63) is 23.8 Å². The number of rotatable bonds is 3. The average molecular weight is 230 g/mol. The Kier molecular flexibility index (Phi) is 2.55. The third-order valence-corrected chi connectivity index (χ3v) is 3.14. The summed E-state index contributed by atoms with van der Waals surface area (Å²) in [5.74, 6) is 0. The van der Waals surface area contributed by atoms with Crippen LogP contribution in [0.15, 0.2) is 22.6 Å². The van der Waals surface area contributed by atoms with Crippen molar-refractivity contribution in [2.24, 2.45) is 0 Å². The molecular formula is C13H14N2O2. The number of benzene rings is 1. The van der Waals surface area contributed by atoms with Crippen molar-refractivity contribution in [3.63, 3.8) is 0 Å². The first-order chi connectivity index (χ1) is 8.36. The Morgan fingerprint density at radius 1 is 1.35 bits per heavy atom. The molecule has 4 heteroatoms. The molecule has 0 atom stereocenters. The van der Waals surface area contributed by atoms with E-state index in [1.807, 2.05) is 18.2 Å². The van der Waals surface area contributed by atoms with Crippen LogP contribution in [0, 0.1) is 0 Å². The molecule has 0 bridgehead atoms. The summed E-state index contributed by atoms with van der Waals surface area (Å²) in [6.45, 7) is 2.04. The number of carbonyl (C=O) groups is 1. The first-order valence-corrected chi connectivity index (χ1v) is 5.95. The molecule has 1 aromatic carbocycles. The van der Waals surface area contributed by atoms with Gasteiger partial charge >= 0.3 is 0 Å². The van der Waals surface area contributed by atoms with E-state index in [2.05, 4.69) is 9.88 Å². The molecule has 0 aliphatic carbocycles. The van der Waals surface area contributed by atoms with Gasteiger partial charge in [0.1, 0.15) is 11.8 Å². The highest BCUT2D eigenvalue weighted by molar-refractivity contribution is 5.76. The maximum Gasteiger partial charge on any atom is 0.298 e. The van der Waals surface area contributed by atoms with Crippen LogP contribution >= 0.6 is 0 Å². The lowest BCUT2D eigenvalue weighted by Gasteiger charge is -2.10. The second kappa shape index (κ2) is 4.20. The first-order valence-electron chi connectivity index (χ1n) is 5.95. The Bertz CT molecular complexity index is 541. The summed E-state index contributed by atoms with van der Waals surface area (Å²) in [5.41, 5.74) is 2.61. The maximum absolute atomic E-state index is 10.5. The molecule has 1 saturated heterocycles. The van der Waals surface area contributed by atoms with Gasteiger partial charge in [-0.15, -0.1) is 0 Å². The molecule has 4 nitrogen and oxygen atoms in total. The molecule has 88 valence electrons. The summed E-state index contributed by atoms with van der Waals surface area (Å²) in [4.78, 5) is 17.1. The number of aldehydes is 1. The van der Waals surface area contributed by atoms with Crippen molar-refractivity contribution in [1.82, 2.24) is 4.98 Å². The molecule has 0 amide bonds. The van der Waals surface area contributed by atoms with Crippen LogP contribution in [0.1, 0.15) is 18.4 Å². The van der Waals surface area contributed by atoms with Gasteiger partial charge in [0.05, 0.1) is 0 Å². The van der Waals surface area contributed by atoms with Gasteiger partial charge in [-0.3, -0.25) is 0 Å². The summed E-state index contributed by atoms with van der Waals surface area (Å²) in [7, 11) is 0. The van der Waals surface area contributed by atoms with Crippen LogP contribution in [-0.2, 0) is 11.2 Å². The van der Waals surface area contributed by atoms with Crippen LogP contribution in [0.4, 0.5) is 6.01 Å². The number of fused-ring (bicyclic) bond motifs is 1. The van der Waals surface area contributed by atoms with E-state index >= 15 is 0 Å². The van der Waals surface area contributed by atoms with E-state index in [1.54, 1.807) is 0 Å². The number of aromatic nitrogens is 1. The highest BCUT2D eigenvalue weighted by Crippen LogP contribution is 2.25. The maximum atomic E-state index is 10.5. The number of oxazole rings is 1. The van der Waals surface area contributed by atoms with Crippen molar-refractivity contribution in [2.45, 2.75) is 19.3 Å². The fraction of sp³-hybridized carbons (Fsp3) is 0.385. The largest absolute Gasteiger partial charge is 0.423 e. The molecule has 17 heavy (non-hydrogen) atoms. The minimum Gasteiger partial charge on any atom is -0.423 e. The number of nitrogens with zero attached hydrogens (tertiary/aromatic N) is 2. The Balaban J connectivity index is 1.97. The van der Waals surface area contributed by atoms with Crippen molar-refractivity contribution in [3.8, 4) is 0 Å². The molecule has 0 saturated carbocycles. The molecule has 2 heterocycles. The zero-order chi connectivity index (χ0) is 11.7. The van der Waals surface area contributed by atoms with Crippen LogP contribution in [0.5, 0.6) is 0 Å². The molecular weight excluding hydrogens is 216 g/mol. The van der Waals surface area contributed by atoms with Crippen LogP contribution in [0.3, 0.4) is 0 Å². The van der Waals surface area contributed by atoms with E-state index in [1.165, 1.54) is 12.8 Å². The second-order valence-electron chi connectivity index (χ2n) is 4.36. The Morgan fingerprint density at radius 2 is 2.18 bits per heavy atom. The summed E-state index contributed by atoms with van der Waals surface area (Å²) in [5, 5.41) is 0. The number of hydrogen-bond donors (Lipinski definition) is 0. The molecule has 1 aliphatic heterocycles. The molecule has 0 N–H and O–H groups in total. The monoisotopic (exact) mass is 230 g/mol. The molecule has 1 fully saturated rings. The SMILES string of the molecule is O=CCc1ccc2oc(N3CCCC3)nc2c1. The van der Waals surface area contributed by atoms with E-state index in [-0.39, 0.29) is 0 Å². The van der Waals surface area contributed by atoms with Gasteiger partial charge in [0.15, 0.2) is 5.58 Å². The van der Waals surface area contributed by atoms with Gasteiger partial charge in [-0.1, -0.05) is 6.07 Å². The highest BCUT2D eigenvalue weighted by Gasteiger charge is 2.17. The van der Waals surface area contributed by atoms with Gasteiger partial charge in [0.25, 0.3) is 6.01 Å². The van der Waals surface area contributed by atoms with Crippen molar-refractivity contribution in [1.29, 1.82) is 0 Å². The Morgan fingerprint density at radius 3 is 2.94 bits per heavy atom. The highest BCUT2D eigenvalue weighted by atomic mass is 16.4. The molecule has 0 spiro atoms. The van der Waals surface area contributed by atoms with Crippen molar-refractivity contribution in [2.75, 3.05) is 18.0 Å². The topological polar surface area (TPSA) is 46.3 Å². The molecule has 0 radical (unpaired) electrons. The first kappa shape index (κ1) is 10.3. The van der Waals surface area contributed by atoms with Crippen LogP contribution in [0.2, 0.25) is 0 Å². The number of carbonyl (C=O) groups excluding carboxylic acids is 1. The lowest BCUT2D eigenvalue weighted by Crippen LogP contribution is -2.17. The van der Waals surface area contributed by atoms with Crippen molar-refractivity contribution >= 4 is 23.4 Å². The van der Waals surface area contributed by atoms with Gasteiger partial charge < -0.3 is 14.1 Å². The lowest BCUT2D eigenvalue weighted by molar-refractivity contribution is -0.107. The van der Waals surface area contributed by atoms with Crippen LogP contribution in [-0.4, -0.2) is 24.4 Å². The quantitative estimate of drug-likeness (QED) is 0.758. The molecule has 3 rings (SSSR count). The summed E-state index contributed by atoms with van der Waals surface area (Å²) >= 11 is 0. The standard InChI is InChI=1S/C13H14N2O2/c16-8-5-10-3-4-12-11(9-10)14-13(17-12)15-6-1-2-7-15/h3-4,8-9H,1-2,5-7H2. The molecule has 0 unspecified atom stereocenters. The Hall–Kier alpha value is -1.84. The third kappa shape index (κ3) is 1.90. The molecule has 1 aromatic heterocycles. The fourth-order valence-corrected chi connectivity index (χ4v) is 2.23. The predicted octanol–water partition coefficient (Wildman–Crippen LogP) is 2.17. The van der Waals surface area contributed by atoms with Crippen LogP contribution < -0.4 is 4.90 Å². The van der Waals surface area contributed by atoms with Gasteiger partial charge in [0, 0.05) is 19.5 Å². The minimum absolute atomic E-state index is 0.432. The average Bonchev–Trinajstić information content (AvgIpc) is 2.97. The van der Waals surface area contributed by atoms with Gasteiger partial charge in [-0.05, 0) is 30.5 Å². The van der Waals surface area contributed by atoms with E-state index in [0.29, 0.717) is 12.4 Å². The van der Waals surface area contributed by atoms with Crippen LogP contribution in [0.25, 0.3) is 11.1 Å². The van der Waals surface area contributed by atoms with Gasteiger partial charge in [-0.2, -0.15) is 4.98 Å². The smallest absolute Gasteiger partial charge is 0.298 e. The zero-order valence-electron chi connectivity index (χ0n) is 9.56. The fourth-order valence-electron chi connectivity index (χ4n) is 2.23. The van der Waals surface area contributed by atoms with Crippen molar-refractivity contribution < 1.29 is 9.21 Å². The van der Waals surface area contributed by atoms with E-state index in [0.717, 1.165) is 36.0 Å². The second-order valence-corrected chi connectivity index (χ2v) is 4.36. The summed E-state index contributed by atoms with van der Waals surface area (Å²) < 4.78 is 5.71. The van der Waals surface area contributed by atoms with E-state index in [4.69, 9.17) is 4.42 Å². The summed E-state index contributed by atoms with van der Waals surface area (Å²) in [6.07, 6.45) is 3.74. The van der Waals surface area contributed by atoms with Gasteiger partial charge in [-0.25, -0.2) is 0 Å². The van der Waals surface area contributed by atoms with E-state index in [9.17, 15) is 4.79 Å². The molecule has 2 aromatic rings. The summed E-state index contributed by atoms with van der Waals surface area (Å²) in [6, 6.07) is 6.43. The number of hydrogen-bond acceptors (Lipinski definition) is 4. The minimum atomic E-state index is 0.432. The number of anilines is 1. The lowest BCUT2D eigenvalue weighted by atomic mass is 10.1. The molecule has 1 aliphatic rings. The zero-order valence-corrected chi connectivity index (χ0v) is 9.56. The normalized spacial score (nSPS) is 15.6. The van der Waals surface area contributed by atoms with Gasteiger partial charge in [0.2, 0.25) is 0 Å². The third-order valence-electron chi connectivity index (χ3n) is 3.14. The Labute approximate surface area is 99.2 Å². The van der Waals surface area contributed by atoms with E-state index < -0.39 is 0 Å². The predicted molar refractivity (Wildman–Crippen MR) is 65.2 cm³/mol.